The van der Waals surface area contributed by atoms with Gasteiger partial charge in [0.15, 0.2) is 0 Å². The summed E-state index contributed by atoms with van der Waals surface area (Å²) in [5.74, 6) is 0.608. The lowest BCUT2D eigenvalue weighted by Gasteiger charge is -2.08. The quantitative estimate of drug-likeness (QED) is 0.785. The van der Waals surface area contributed by atoms with Gasteiger partial charge in [-0.1, -0.05) is 23.7 Å². The zero-order valence-electron chi connectivity index (χ0n) is 8.77. The predicted octanol–water partition coefficient (Wildman–Crippen LogP) is 4.99. The molecule has 0 aliphatic carbocycles. The van der Waals surface area contributed by atoms with Gasteiger partial charge in [0.05, 0.1) is 14.9 Å². The van der Waals surface area contributed by atoms with Gasteiger partial charge in [-0.25, -0.2) is 0 Å². The van der Waals surface area contributed by atoms with E-state index in [4.69, 9.17) is 11.6 Å². The summed E-state index contributed by atoms with van der Waals surface area (Å²) in [6.07, 6.45) is -0.451. The smallest absolute Gasteiger partial charge is 0.0975 e. The summed E-state index contributed by atoms with van der Waals surface area (Å²) < 4.78 is 1.04. The highest BCUT2D eigenvalue weighted by molar-refractivity contribution is 9.11. The van der Waals surface area contributed by atoms with E-state index in [9.17, 15) is 5.11 Å². The molecule has 5 heteroatoms. The van der Waals surface area contributed by atoms with E-state index < -0.39 is 6.10 Å². The molecule has 1 aromatic carbocycles. The molecule has 17 heavy (non-hydrogen) atoms. The third kappa shape index (κ3) is 3.73. The van der Waals surface area contributed by atoms with E-state index in [1.165, 1.54) is 0 Å². The summed E-state index contributed by atoms with van der Waals surface area (Å²) in [5.41, 5.74) is 0. The maximum absolute atomic E-state index is 10.0. The number of hydrogen-bond donors (Lipinski definition) is 1. The average molecular weight is 350 g/mol. The summed E-state index contributed by atoms with van der Waals surface area (Å²) in [6.45, 7) is 0. The molecule has 0 bridgehead atoms. The third-order valence-electron chi connectivity index (χ3n) is 2.16. The minimum atomic E-state index is -0.451. The van der Waals surface area contributed by atoms with Gasteiger partial charge in [0.2, 0.25) is 0 Å². The molecule has 1 atom stereocenters. The minimum absolute atomic E-state index is 0.451. The molecule has 0 spiro atoms. The van der Waals surface area contributed by atoms with Crippen molar-refractivity contribution in [1.82, 2.24) is 0 Å². The lowest BCUT2D eigenvalue weighted by molar-refractivity contribution is 0.208. The first kappa shape index (κ1) is 13.4. The molecule has 0 radical (unpaired) electrons. The Morgan fingerprint density at radius 2 is 2.06 bits per heavy atom. The number of thioether (sulfide) groups is 1. The molecule has 1 unspecified atom stereocenters. The minimum Gasteiger partial charge on any atom is -0.387 e. The standard InChI is InChI=1S/C12H10BrClOS2/c13-12-6-5-11(17-12)9(15)7-16-10-4-2-1-3-8(10)14/h1-6,9,15H,7H2. The molecular formula is C12H10BrClOS2. The number of halogens is 2. The Morgan fingerprint density at radius 3 is 2.71 bits per heavy atom. The SMILES string of the molecule is OC(CSc1ccccc1Cl)c1ccc(Br)s1. The summed E-state index contributed by atoms with van der Waals surface area (Å²) in [5, 5.41) is 10.7. The van der Waals surface area contributed by atoms with E-state index >= 15 is 0 Å². The van der Waals surface area contributed by atoms with Crippen molar-refractivity contribution in [2.75, 3.05) is 5.75 Å². The van der Waals surface area contributed by atoms with Crippen LogP contribution in [-0.2, 0) is 0 Å². The van der Waals surface area contributed by atoms with Gasteiger partial charge in [0, 0.05) is 15.5 Å². The Morgan fingerprint density at radius 1 is 1.29 bits per heavy atom. The van der Waals surface area contributed by atoms with Crippen LogP contribution >= 0.6 is 50.6 Å². The fraction of sp³-hybridized carbons (Fsp3) is 0.167. The normalized spacial score (nSPS) is 12.6. The van der Waals surface area contributed by atoms with E-state index in [-0.39, 0.29) is 0 Å². The predicted molar refractivity (Wildman–Crippen MR) is 79.2 cm³/mol. The molecule has 90 valence electrons. The maximum atomic E-state index is 10.0. The van der Waals surface area contributed by atoms with Crippen LogP contribution in [-0.4, -0.2) is 10.9 Å². The summed E-state index contributed by atoms with van der Waals surface area (Å²) >= 11 is 12.6. The fourth-order valence-electron chi connectivity index (χ4n) is 1.32. The van der Waals surface area contributed by atoms with Crippen molar-refractivity contribution in [3.63, 3.8) is 0 Å². The van der Waals surface area contributed by atoms with Crippen molar-refractivity contribution < 1.29 is 5.11 Å². The van der Waals surface area contributed by atoms with Crippen LogP contribution in [0.15, 0.2) is 45.1 Å². The number of benzene rings is 1. The summed E-state index contributed by atoms with van der Waals surface area (Å²) in [6, 6.07) is 11.6. The molecule has 0 aliphatic heterocycles. The van der Waals surface area contributed by atoms with Gasteiger partial charge >= 0.3 is 0 Å². The Balaban J connectivity index is 1.97. The van der Waals surface area contributed by atoms with Crippen molar-refractivity contribution in [3.8, 4) is 0 Å². The molecule has 0 aliphatic rings. The Bertz CT molecular complexity index is 501. The molecular weight excluding hydrogens is 340 g/mol. The van der Waals surface area contributed by atoms with Crippen LogP contribution in [0.25, 0.3) is 0 Å². The largest absolute Gasteiger partial charge is 0.387 e. The lowest BCUT2D eigenvalue weighted by Crippen LogP contribution is -1.97. The molecule has 2 rings (SSSR count). The van der Waals surface area contributed by atoms with Crippen LogP contribution in [0, 0.1) is 0 Å². The monoisotopic (exact) mass is 348 g/mol. The van der Waals surface area contributed by atoms with Gasteiger partial charge in [0.1, 0.15) is 0 Å². The topological polar surface area (TPSA) is 20.2 Å². The second-order valence-electron chi connectivity index (χ2n) is 3.40. The van der Waals surface area contributed by atoms with E-state index in [0.29, 0.717) is 5.75 Å². The number of aliphatic hydroxyl groups excluding tert-OH is 1. The highest BCUT2D eigenvalue weighted by Crippen LogP contribution is 2.33. The van der Waals surface area contributed by atoms with Gasteiger partial charge in [-0.3, -0.25) is 0 Å². The first-order valence-corrected chi connectivity index (χ1v) is 7.95. The summed E-state index contributed by atoms with van der Waals surface area (Å²) in [4.78, 5) is 1.97. The van der Waals surface area contributed by atoms with Gasteiger partial charge in [0.25, 0.3) is 0 Å². The lowest BCUT2D eigenvalue weighted by atomic mass is 10.3. The average Bonchev–Trinajstić information content (AvgIpc) is 2.74. The first-order chi connectivity index (χ1) is 8.16. The van der Waals surface area contributed by atoms with E-state index in [1.807, 2.05) is 36.4 Å². The second kappa shape index (κ2) is 6.25. The molecule has 1 aromatic heterocycles. The molecule has 0 saturated heterocycles. The molecule has 1 N–H and O–H groups in total. The van der Waals surface area contributed by atoms with Gasteiger partial charge in [-0.2, -0.15) is 0 Å². The van der Waals surface area contributed by atoms with Crippen LogP contribution < -0.4 is 0 Å². The van der Waals surface area contributed by atoms with Crippen molar-refractivity contribution in [3.05, 3.63) is 50.1 Å². The van der Waals surface area contributed by atoms with Gasteiger partial charge in [-0.15, -0.1) is 23.1 Å². The zero-order chi connectivity index (χ0) is 12.3. The fourth-order valence-corrected chi connectivity index (χ4v) is 4.03. The number of rotatable bonds is 4. The van der Waals surface area contributed by atoms with E-state index in [0.717, 1.165) is 18.6 Å². The van der Waals surface area contributed by atoms with Crippen molar-refractivity contribution >= 4 is 50.6 Å². The second-order valence-corrected chi connectivity index (χ2v) is 7.36. The highest BCUT2D eigenvalue weighted by atomic mass is 79.9. The first-order valence-electron chi connectivity index (χ1n) is 4.97. The van der Waals surface area contributed by atoms with Crippen LogP contribution in [0.2, 0.25) is 5.02 Å². The molecule has 0 amide bonds. The van der Waals surface area contributed by atoms with Gasteiger partial charge in [-0.05, 0) is 40.2 Å². The van der Waals surface area contributed by atoms with Crippen molar-refractivity contribution in [2.45, 2.75) is 11.0 Å². The molecule has 2 aromatic rings. The van der Waals surface area contributed by atoms with Crippen LogP contribution in [0.1, 0.15) is 11.0 Å². The van der Waals surface area contributed by atoms with Gasteiger partial charge < -0.3 is 5.11 Å². The Hall–Kier alpha value is -0.0000000000000000833. The Labute approximate surface area is 122 Å². The summed E-state index contributed by atoms with van der Waals surface area (Å²) in [7, 11) is 0. The van der Waals surface area contributed by atoms with Crippen molar-refractivity contribution in [2.24, 2.45) is 0 Å². The maximum Gasteiger partial charge on any atom is 0.0975 e. The Kier molecular flexibility index (Phi) is 4.94. The zero-order valence-corrected chi connectivity index (χ0v) is 12.7. The third-order valence-corrected chi connectivity index (χ3v) is 5.47. The van der Waals surface area contributed by atoms with Crippen LogP contribution in [0.3, 0.4) is 0 Å². The van der Waals surface area contributed by atoms with E-state index in [1.54, 1.807) is 23.1 Å². The number of aliphatic hydroxyl groups is 1. The molecule has 1 nitrogen and oxygen atoms in total. The highest BCUT2D eigenvalue weighted by Gasteiger charge is 2.11. The molecule has 0 fully saturated rings. The van der Waals surface area contributed by atoms with Crippen molar-refractivity contribution in [1.29, 1.82) is 0 Å². The van der Waals surface area contributed by atoms with Crippen LogP contribution in [0.5, 0.6) is 0 Å². The number of thiophene rings is 1. The van der Waals surface area contributed by atoms with Crippen LogP contribution in [0.4, 0.5) is 0 Å². The molecule has 1 heterocycles. The molecule has 0 saturated carbocycles. The van der Waals surface area contributed by atoms with E-state index in [2.05, 4.69) is 15.9 Å². The number of hydrogen-bond acceptors (Lipinski definition) is 3.